The molecule has 2 fully saturated rings. The van der Waals surface area contributed by atoms with Crippen molar-refractivity contribution in [3.05, 3.63) is 72.4 Å². The molecular formula is C27H34N2OS. The number of aromatic hydroxyl groups is 1. The summed E-state index contributed by atoms with van der Waals surface area (Å²) < 4.78 is 0. The molecule has 0 spiro atoms. The first-order valence-electron chi connectivity index (χ1n) is 11.2. The maximum Gasteiger partial charge on any atom is 0.128 e. The van der Waals surface area contributed by atoms with E-state index in [4.69, 9.17) is 0 Å². The van der Waals surface area contributed by atoms with Gasteiger partial charge in [0.15, 0.2) is 0 Å². The van der Waals surface area contributed by atoms with Gasteiger partial charge in [-0.3, -0.25) is 0 Å². The lowest BCUT2D eigenvalue weighted by Crippen LogP contribution is -2.24. The van der Waals surface area contributed by atoms with Gasteiger partial charge in [0.25, 0.3) is 0 Å². The minimum Gasteiger partial charge on any atom is -0.508 e. The van der Waals surface area contributed by atoms with E-state index in [1.807, 2.05) is 32.2 Å². The molecule has 2 atom stereocenters. The highest BCUT2D eigenvalue weighted by molar-refractivity contribution is 7.98. The smallest absolute Gasteiger partial charge is 0.128 e. The van der Waals surface area contributed by atoms with Gasteiger partial charge in [-0.1, -0.05) is 51.1 Å². The average Bonchev–Trinajstić information content (AvgIpc) is 3.21. The number of benzene rings is 2. The highest BCUT2D eigenvalue weighted by Crippen LogP contribution is 2.51. The van der Waals surface area contributed by atoms with E-state index < -0.39 is 0 Å². The van der Waals surface area contributed by atoms with Crippen molar-refractivity contribution in [3.8, 4) is 16.9 Å². The SMILES string of the molecule is CC.CSc1ccc(-c2ccc(O)cc2)cc1.Cc1ccc(N2CC3C(C)C3C2)nc1. The molecule has 0 amide bonds. The Balaban J connectivity index is 0.000000163. The Bertz CT molecular complexity index is 926. The first-order valence-corrected chi connectivity index (χ1v) is 12.4. The van der Waals surface area contributed by atoms with Gasteiger partial charge in [-0.15, -0.1) is 11.8 Å². The number of nitrogens with zero attached hydrogens (tertiary/aromatic N) is 2. The van der Waals surface area contributed by atoms with Gasteiger partial charge in [-0.05, 0) is 78.0 Å². The Morgan fingerprint density at radius 2 is 1.42 bits per heavy atom. The molecule has 3 nitrogen and oxygen atoms in total. The number of fused-ring (bicyclic) bond motifs is 1. The minimum absolute atomic E-state index is 0.305. The highest BCUT2D eigenvalue weighted by Gasteiger charge is 2.52. The molecule has 31 heavy (non-hydrogen) atoms. The zero-order chi connectivity index (χ0) is 22.4. The van der Waals surface area contributed by atoms with E-state index in [0.717, 1.165) is 29.1 Å². The maximum absolute atomic E-state index is 9.18. The Labute approximate surface area is 191 Å². The van der Waals surface area contributed by atoms with Crippen molar-refractivity contribution in [2.45, 2.75) is 32.6 Å². The van der Waals surface area contributed by atoms with Crippen molar-refractivity contribution >= 4 is 17.6 Å². The fraction of sp³-hybridized carbons (Fsp3) is 0.370. The summed E-state index contributed by atoms with van der Waals surface area (Å²) in [5, 5.41) is 9.18. The fourth-order valence-corrected chi connectivity index (χ4v) is 4.50. The van der Waals surface area contributed by atoms with Crippen molar-refractivity contribution in [2.24, 2.45) is 17.8 Å². The maximum atomic E-state index is 9.18. The average molecular weight is 435 g/mol. The van der Waals surface area contributed by atoms with E-state index in [0.29, 0.717) is 5.75 Å². The van der Waals surface area contributed by atoms with Gasteiger partial charge in [-0.25, -0.2) is 4.98 Å². The van der Waals surface area contributed by atoms with Crippen LogP contribution in [0.15, 0.2) is 71.8 Å². The third-order valence-corrected chi connectivity index (χ3v) is 6.88. The van der Waals surface area contributed by atoms with Crippen LogP contribution in [0.2, 0.25) is 0 Å². The van der Waals surface area contributed by atoms with Gasteiger partial charge in [0.2, 0.25) is 0 Å². The van der Waals surface area contributed by atoms with E-state index in [9.17, 15) is 5.11 Å². The number of hydrogen-bond acceptors (Lipinski definition) is 4. The number of anilines is 1. The highest BCUT2D eigenvalue weighted by atomic mass is 32.2. The molecule has 164 valence electrons. The molecule has 1 N–H and O–H groups in total. The lowest BCUT2D eigenvalue weighted by atomic mass is 10.1. The second-order valence-corrected chi connectivity index (χ2v) is 8.94. The van der Waals surface area contributed by atoms with Crippen LogP contribution in [0.4, 0.5) is 5.82 Å². The van der Waals surface area contributed by atoms with Crippen molar-refractivity contribution < 1.29 is 5.11 Å². The molecule has 2 aromatic carbocycles. The molecule has 4 heteroatoms. The van der Waals surface area contributed by atoms with Gasteiger partial charge in [0.1, 0.15) is 11.6 Å². The van der Waals surface area contributed by atoms with Crippen molar-refractivity contribution in [1.82, 2.24) is 4.98 Å². The van der Waals surface area contributed by atoms with Crippen LogP contribution in [0.1, 0.15) is 26.3 Å². The summed E-state index contributed by atoms with van der Waals surface area (Å²) in [6, 6.07) is 19.9. The number of phenols is 1. The first kappa shape index (κ1) is 23.2. The molecule has 2 aliphatic rings. The Morgan fingerprint density at radius 3 is 1.90 bits per heavy atom. The summed E-state index contributed by atoms with van der Waals surface area (Å²) in [4.78, 5) is 8.15. The van der Waals surface area contributed by atoms with Crippen LogP contribution >= 0.6 is 11.8 Å². The lowest BCUT2D eigenvalue weighted by molar-refractivity contribution is 0.475. The number of thioether (sulfide) groups is 1. The van der Waals surface area contributed by atoms with E-state index in [1.165, 1.54) is 29.1 Å². The van der Waals surface area contributed by atoms with Crippen LogP contribution < -0.4 is 4.90 Å². The van der Waals surface area contributed by atoms with Crippen LogP contribution in [0.25, 0.3) is 11.1 Å². The molecule has 5 rings (SSSR count). The van der Waals surface area contributed by atoms with Crippen molar-refractivity contribution in [3.63, 3.8) is 0 Å². The van der Waals surface area contributed by atoms with Gasteiger partial charge < -0.3 is 10.0 Å². The van der Waals surface area contributed by atoms with Gasteiger partial charge in [-0.2, -0.15) is 0 Å². The molecule has 1 saturated heterocycles. The van der Waals surface area contributed by atoms with Crippen molar-refractivity contribution in [1.29, 1.82) is 0 Å². The fourth-order valence-electron chi connectivity index (χ4n) is 4.09. The predicted molar refractivity (Wildman–Crippen MR) is 134 cm³/mol. The Kier molecular flexibility index (Phi) is 8.03. The quantitative estimate of drug-likeness (QED) is 0.455. The number of phenolic OH excluding ortho intramolecular Hbond substituents is 1. The van der Waals surface area contributed by atoms with Crippen LogP contribution in [-0.2, 0) is 0 Å². The molecule has 1 aliphatic carbocycles. The van der Waals surface area contributed by atoms with Crippen LogP contribution in [0.5, 0.6) is 5.75 Å². The van der Waals surface area contributed by atoms with Crippen molar-refractivity contribution in [2.75, 3.05) is 24.2 Å². The number of aromatic nitrogens is 1. The molecule has 1 aliphatic heterocycles. The number of piperidine rings is 1. The second kappa shape index (κ2) is 10.7. The predicted octanol–water partition coefficient (Wildman–Crippen LogP) is 6.90. The standard InChI is InChI=1S/C13H12OS.C12H16N2.C2H6/c1-15-13-8-4-11(5-9-13)10-2-6-12(14)7-3-10;1-8-3-4-12(13-5-8)14-6-10-9(2)11(10)7-14;1-2/h2-9,14H,1H3;3-5,9-11H,6-7H2,1-2H3;1-2H3. The second-order valence-electron chi connectivity index (χ2n) is 8.06. The molecule has 3 aromatic rings. The number of rotatable bonds is 3. The van der Waals surface area contributed by atoms with E-state index in [-0.39, 0.29) is 0 Å². The third-order valence-electron chi connectivity index (χ3n) is 6.13. The first-order chi connectivity index (χ1) is 15.0. The zero-order valence-corrected chi connectivity index (χ0v) is 20.1. The molecular weight excluding hydrogens is 400 g/mol. The monoisotopic (exact) mass is 434 g/mol. The number of hydrogen-bond donors (Lipinski definition) is 1. The largest absolute Gasteiger partial charge is 0.508 e. The molecule has 0 bridgehead atoms. The van der Waals surface area contributed by atoms with E-state index in [2.05, 4.69) is 66.4 Å². The number of pyridine rings is 1. The van der Waals surface area contributed by atoms with E-state index in [1.54, 1.807) is 23.9 Å². The molecule has 1 saturated carbocycles. The number of aryl methyl sites for hydroxylation is 1. The lowest BCUT2D eigenvalue weighted by Gasteiger charge is -2.19. The minimum atomic E-state index is 0.305. The van der Waals surface area contributed by atoms with Gasteiger partial charge >= 0.3 is 0 Å². The summed E-state index contributed by atoms with van der Waals surface area (Å²) >= 11 is 1.74. The summed E-state index contributed by atoms with van der Waals surface area (Å²) in [5.74, 6) is 4.35. The van der Waals surface area contributed by atoms with Crippen LogP contribution in [0, 0.1) is 24.7 Å². The summed E-state index contributed by atoms with van der Waals surface area (Å²) in [5.41, 5.74) is 3.54. The molecule has 2 heterocycles. The summed E-state index contributed by atoms with van der Waals surface area (Å²) in [7, 11) is 0. The zero-order valence-electron chi connectivity index (χ0n) is 19.2. The Hall–Kier alpha value is -2.46. The normalized spacial score (nSPS) is 20.7. The third kappa shape index (κ3) is 5.82. The summed E-state index contributed by atoms with van der Waals surface area (Å²) in [6.07, 6.45) is 4.03. The van der Waals surface area contributed by atoms with Gasteiger partial charge in [0.05, 0.1) is 0 Å². The molecule has 2 unspecified atom stereocenters. The summed E-state index contributed by atoms with van der Waals surface area (Å²) in [6.45, 7) is 10.9. The van der Waals surface area contributed by atoms with E-state index >= 15 is 0 Å². The molecule has 0 radical (unpaired) electrons. The van der Waals surface area contributed by atoms with Crippen LogP contribution in [-0.4, -0.2) is 29.4 Å². The Morgan fingerprint density at radius 1 is 0.871 bits per heavy atom. The molecule has 1 aromatic heterocycles. The topological polar surface area (TPSA) is 36.4 Å². The van der Waals surface area contributed by atoms with Gasteiger partial charge in [0, 0.05) is 24.2 Å². The van der Waals surface area contributed by atoms with Crippen LogP contribution in [0.3, 0.4) is 0 Å².